The number of alkyl halides is 3. The number of hydrogen-bond donors (Lipinski definition) is 0. The number of aromatic nitrogens is 1. The molecule has 0 spiro atoms. The second-order valence-electron chi connectivity index (χ2n) is 4.69. The maximum atomic E-state index is 12.6. The van der Waals surface area contributed by atoms with E-state index < -0.39 is 18.6 Å². The number of carbonyl (C=O) groups is 1. The molecule has 1 aromatic rings. The van der Waals surface area contributed by atoms with Crippen molar-refractivity contribution in [2.75, 3.05) is 13.1 Å². The van der Waals surface area contributed by atoms with Gasteiger partial charge in [0.05, 0.1) is 5.56 Å². The average Bonchev–Trinajstić information content (AvgIpc) is 2.28. The number of halogens is 5. The molecule has 0 bridgehead atoms. The van der Waals surface area contributed by atoms with Gasteiger partial charge in [-0.15, -0.1) is 0 Å². The molecule has 1 rings (SSSR count). The zero-order valence-corrected chi connectivity index (χ0v) is 13.2. The van der Waals surface area contributed by atoms with E-state index in [1.807, 2.05) is 0 Å². The van der Waals surface area contributed by atoms with Gasteiger partial charge in [0, 0.05) is 17.2 Å². The van der Waals surface area contributed by atoms with Gasteiger partial charge in [-0.2, -0.15) is 13.2 Å². The fourth-order valence-electron chi connectivity index (χ4n) is 1.62. The van der Waals surface area contributed by atoms with Crippen molar-refractivity contribution < 1.29 is 18.0 Å². The summed E-state index contributed by atoms with van der Waals surface area (Å²) in [5, 5.41) is -0.117. The Hall–Kier alpha value is -0.820. The Kier molecular flexibility index (Phi) is 5.82. The summed E-state index contributed by atoms with van der Waals surface area (Å²) >= 11 is 8.89. The summed E-state index contributed by atoms with van der Waals surface area (Å²) in [5.74, 6) is -0.880. The van der Waals surface area contributed by atoms with E-state index in [1.54, 1.807) is 13.8 Å². The lowest BCUT2D eigenvalue weighted by atomic mass is 10.1. The van der Waals surface area contributed by atoms with Gasteiger partial charge in [0.25, 0.3) is 5.91 Å². The molecule has 0 N–H and O–H groups in total. The number of rotatable bonds is 4. The third kappa shape index (κ3) is 5.28. The molecule has 0 saturated heterocycles. The minimum atomic E-state index is -4.46. The van der Waals surface area contributed by atoms with Gasteiger partial charge in [-0.1, -0.05) is 25.4 Å². The summed E-state index contributed by atoms with van der Waals surface area (Å²) < 4.78 is 38.2. The fraction of sp³-hybridized carbons (Fsp3) is 0.500. The second kappa shape index (κ2) is 6.76. The molecule has 0 fully saturated rings. The maximum absolute atomic E-state index is 12.6. The van der Waals surface area contributed by atoms with E-state index in [-0.39, 0.29) is 23.2 Å². The Morgan fingerprint density at radius 3 is 2.60 bits per heavy atom. The van der Waals surface area contributed by atoms with Crippen LogP contribution in [0.2, 0.25) is 5.15 Å². The van der Waals surface area contributed by atoms with Crippen LogP contribution in [0.4, 0.5) is 13.2 Å². The van der Waals surface area contributed by atoms with Crippen molar-refractivity contribution in [3.63, 3.8) is 0 Å². The van der Waals surface area contributed by atoms with Crippen molar-refractivity contribution >= 4 is 33.4 Å². The first kappa shape index (κ1) is 17.2. The molecule has 112 valence electrons. The molecule has 0 unspecified atom stereocenters. The monoisotopic (exact) mass is 372 g/mol. The van der Waals surface area contributed by atoms with E-state index in [0.29, 0.717) is 4.47 Å². The third-order valence-corrected chi connectivity index (χ3v) is 3.01. The summed E-state index contributed by atoms with van der Waals surface area (Å²) in [6, 6.07) is 1.36. The highest BCUT2D eigenvalue weighted by Gasteiger charge is 2.34. The zero-order valence-electron chi connectivity index (χ0n) is 10.8. The molecule has 1 aromatic heterocycles. The molecule has 1 heterocycles. The summed E-state index contributed by atoms with van der Waals surface area (Å²) in [6.07, 6.45) is -3.09. The van der Waals surface area contributed by atoms with Crippen molar-refractivity contribution in [3.8, 4) is 0 Å². The van der Waals surface area contributed by atoms with Gasteiger partial charge in [0.2, 0.25) is 0 Å². The third-order valence-electron chi connectivity index (χ3n) is 2.28. The molecule has 0 aliphatic carbocycles. The van der Waals surface area contributed by atoms with Crippen LogP contribution in [0.3, 0.4) is 0 Å². The molecule has 0 atom stereocenters. The van der Waals surface area contributed by atoms with E-state index in [2.05, 4.69) is 20.9 Å². The molecule has 0 radical (unpaired) electrons. The van der Waals surface area contributed by atoms with E-state index in [9.17, 15) is 18.0 Å². The van der Waals surface area contributed by atoms with Crippen LogP contribution in [0.5, 0.6) is 0 Å². The molecule has 20 heavy (non-hydrogen) atoms. The Balaban J connectivity index is 3.06. The van der Waals surface area contributed by atoms with Gasteiger partial charge in [-0.3, -0.25) is 4.79 Å². The minimum absolute atomic E-state index is 0.0127. The summed E-state index contributed by atoms with van der Waals surface area (Å²) in [4.78, 5) is 16.7. The predicted molar refractivity (Wildman–Crippen MR) is 73.7 cm³/mol. The van der Waals surface area contributed by atoms with Crippen LogP contribution in [0.25, 0.3) is 0 Å². The van der Waals surface area contributed by atoms with Gasteiger partial charge in [0.15, 0.2) is 0 Å². The van der Waals surface area contributed by atoms with Gasteiger partial charge in [-0.05, 0) is 27.9 Å². The molecule has 0 aliphatic heterocycles. The van der Waals surface area contributed by atoms with Crippen LogP contribution in [0.15, 0.2) is 16.7 Å². The molecule has 8 heteroatoms. The topological polar surface area (TPSA) is 33.2 Å². The number of pyridine rings is 1. The van der Waals surface area contributed by atoms with E-state index in [0.717, 1.165) is 4.90 Å². The summed E-state index contributed by atoms with van der Waals surface area (Å²) in [5.41, 5.74) is -0.0501. The van der Waals surface area contributed by atoms with Crippen molar-refractivity contribution in [2.24, 2.45) is 5.92 Å². The summed E-state index contributed by atoms with van der Waals surface area (Å²) in [6.45, 7) is 2.14. The Morgan fingerprint density at radius 1 is 1.50 bits per heavy atom. The van der Waals surface area contributed by atoms with Crippen LogP contribution in [0.1, 0.15) is 24.2 Å². The van der Waals surface area contributed by atoms with Crippen LogP contribution >= 0.6 is 27.5 Å². The van der Waals surface area contributed by atoms with Crippen LogP contribution in [0, 0.1) is 5.92 Å². The molecule has 0 saturated carbocycles. The lowest BCUT2D eigenvalue weighted by Crippen LogP contribution is -2.41. The fourth-order valence-corrected chi connectivity index (χ4v) is 2.13. The Morgan fingerprint density at radius 2 is 2.10 bits per heavy atom. The SMILES string of the molecule is CC(C)CN(CC(F)(F)F)C(=O)c1cc(Br)cnc1Cl. The lowest BCUT2D eigenvalue weighted by molar-refractivity contribution is -0.141. The first-order chi connectivity index (χ1) is 9.10. The van der Waals surface area contributed by atoms with Gasteiger partial charge in [0.1, 0.15) is 11.7 Å². The van der Waals surface area contributed by atoms with Crippen molar-refractivity contribution in [2.45, 2.75) is 20.0 Å². The number of carbonyl (C=O) groups excluding carboxylic acids is 1. The van der Waals surface area contributed by atoms with E-state index in [1.165, 1.54) is 12.3 Å². The van der Waals surface area contributed by atoms with Crippen LogP contribution in [-0.4, -0.2) is 35.1 Å². The van der Waals surface area contributed by atoms with E-state index in [4.69, 9.17) is 11.6 Å². The van der Waals surface area contributed by atoms with Gasteiger partial charge >= 0.3 is 6.18 Å². The average molecular weight is 374 g/mol. The summed E-state index contributed by atoms with van der Waals surface area (Å²) in [7, 11) is 0. The largest absolute Gasteiger partial charge is 0.406 e. The van der Waals surface area contributed by atoms with Gasteiger partial charge < -0.3 is 4.90 Å². The second-order valence-corrected chi connectivity index (χ2v) is 5.96. The quantitative estimate of drug-likeness (QED) is 0.743. The van der Waals surface area contributed by atoms with Crippen LogP contribution < -0.4 is 0 Å². The molecule has 0 aliphatic rings. The minimum Gasteiger partial charge on any atom is -0.329 e. The maximum Gasteiger partial charge on any atom is 0.406 e. The normalized spacial score (nSPS) is 11.8. The number of amides is 1. The first-order valence-corrected chi connectivity index (χ1v) is 6.94. The number of nitrogens with zero attached hydrogens (tertiary/aromatic N) is 2. The molecule has 1 amide bonds. The van der Waals surface area contributed by atoms with Crippen molar-refractivity contribution in [1.29, 1.82) is 0 Å². The number of hydrogen-bond acceptors (Lipinski definition) is 2. The van der Waals surface area contributed by atoms with Crippen LogP contribution in [-0.2, 0) is 0 Å². The smallest absolute Gasteiger partial charge is 0.329 e. The zero-order chi connectivity index (χ0) is 15.5. The predicted octanol–water partition coefficient (Wildman–Crippen LogP) is 4.16. The molecule has 0 aromatic carbocycles. The van der Waals surface area contributed by atoms with Gasteiger partial charge in [-0.25, -0.2) is 4.98 Å². The van der Waals surface area contributed by atoms with E-state index >= 15 is 0 Å². The highest BCUT2D eigenvalue weighted by Crippen LogP contribution is 2.23. The first-order valence-electron chi connectivity index (χ1n) is 5.77. The molecular weight excluding hydrogens is 360 g/mol. The highest BCUT2D eigenvalue weighted by molar-refractivity contribution is 9.10. The highest BCUT2D eigenvalue weighted by atomic mass is 79.9. The Bertz CT molecular complexity index is 494. The molecular formula is C12H13BrClF3N2O. The van der Waals surface area contributed by atoms with Crippen molar-refractivity contribution in [1.82, 2.24) is 9.88 Å². The van der Waals surface area contributed by atoms with Crippen molar-refractivity contribution in [3.05, 3.63) is 27.5 Å². The Labute approximate surface area is 128 Å². The lowest BCUT2D eigenvalue weighted by Gasteiger charge is -2.26. The standard InChI is InChI=1S/C12H13BrClF3N2O/c1-7(2)5-19(6-12(15,16)17)11(20)9-3-8(13)4-18-10(9)14/h3-4,7H,5-6H2,1-2H3. The molecule has 3 nitrogen and oxygen atoms in total.